The maximum absolute atomic E-state index is 9.71. The molecule has 1 aromatic rings. The topological polar surface area (TPSA) is 40.5 Å². The van der Waals surface area contributed by atoms with Crippen molar-refractivity contribution in [2.45, 2.75) is 83.5 Å². The fourth-order valence-corrected chi connectivity index (χ4v) is 3.19. The van der Waals surface area contributed by atoms with Crippen LogP contribution in [0.5, 0.6) is 11.5 Å². The van der Waals surface area contributed by atoms with Crippen LogP contribution < -0.4 is 0 Å². The molecule has 1 aromatic carbocycles. The van der Waals surface area contributed by atoms with Gasteiger partial charge in [0.2, 0.25) is 0 Å². The number of aryl methyl sites for hydroxylation is 1. The van der Waals surface area contributed by atoms with E-state index < -0.39 is 0 Å². The Labute approximate surface area is 147 Å². The van der Waals surface area contributed by atoms with Crippen LogP contribution in [-0.4, -0.2) is 16.0 Å². The lowest BCUT2D eigenvalue weighted by molar-refractivity contribution is 0.452. The van der Waals surface area contributed by atoms with Crippen molar-refractivity contribution >= 4 is 12.6 Å². The van der Waals surface area contributed by atoms with E-state index in [0.717, 1.165) is 24.2 Å². The summed E-state index contributed by atoms with van der Waals surface area (Å²) >= 11 is 4.23. The number of hydrogen-bond acceptors (Lipinski definition) is 3. The van der Waals surface area contributed by atoms with Crippen molar-refractivity contribution in [1.29, 1.82) is 0 Å². The molecule has 3 heteroatoms. The first kappa shape index (κ1) is 20.2. The van der Waals surface area contributed by atoms with Gasteiger partial charge < -0.3 is 10.2 Å². The molecule has 1 rings (SSSR count). The Morgan fingerprint density at radius 3 is 1.65 bits per heavy atom. The van der Waals surface area contributed by atoms with Gasteiger partial charge in [-0.2, -0.15) is 12.6 Å². The number of rotatable bonds is 14. The summed E-state index contributed by atoms with van der Waals surface area (Å²) in [6.45, 7) is 0. The minimum absolute atomic E-state index is 0.239. The fourth-order valence-electron chi connectivity index (χ4n) is 2.97. The molecular weight excluding hydrogens is 304 g/mol. The Balaban J connectivity index is 1.87. The van der Waals surface area contributed by atoms with E-state index in [1.807, 2.05) is 0 Å². The molecule has 0 saturated heterocycles. The predicted octanol–water partition coefficient (Wildman–Crippen LogP) is 6.25. The molecule has 132 valence electrons. The molecular formula is C20H34O2S. The number of unbranched alkanes of at least 4 members (excludes halogenated alkanes) is 11. The summed E-state index contributed by atoms with van der Waals surface area (Å²) in [5.41, 5.74) is 0.864. The highest BCUT2D eigenvalue weighted by atomic mass is 32.1. The highest BCUT2D eigenvalue weighted by Crippen LogP contribution is 2.24. The third kappa shape index (κ3) is 10.5. The van der Waals surface area contributed by atoms with E-state index in [4.69, 9.17) is 0 Å². The first-order valence-electron chi connectivity index (χ1n) is 9.36. The Bertz CT molecular complexity index is 407. The van der Waals surface area contributed by atoms with Crippen LogP contribution in [0.2, 0.25) is 0 Å². The molecule has 0 atom stereocenters. The summed E-state index contributed by atoms with van der Waals surface area (Å²) < 4.78 is 0. The minimum Gasteiger partial charge on any atom is -0.508 e. The van der Waals surface area contributed by atoms with E-state index in [0.29, 0.717) is 5.75 Å². The second-order valence-corrected chi connectivity index (χ2v) is 6.98. The highest BCUT2D eigenvalue weighted by molar-refractivity contribution is 7.80. The molecule has 23 heavy (non-hydrogen) atoms. The van der Waals surface area contributed by atoms with E-state index >= 15 is 0 Å². The van der Waals surface area contributed by atoms with Crippen molar-refractivity contribution in [1.82, 2.24) is 0 Å². The Kier molecular flexibility index (Phi) is 11.9. The summed E-state index contributed by atoms with van der Waals surface area (Å²) in [5.74, 6) is 1.58. The first-order chi connectivity index (χ1) is 11.2. The zero-order chi connectivity index (χ0) is 16.8. The maximum Gasteiger partial charge on any atom is 0.119 e. The number of hydrogen-bond donors (Lipinski definition) is 3. The predicted molar refractivity (Wildman–Crippen MR) is 103 cm³/mol. The van der Waals surface area contributed by atoms with E-state index in [9.17, 15) is 10.2 Å². The molecule has 0 spiro atoms. The van der Waals surface area contributed by atoms with E-state index in [2.05, 4.69) is 12.6 Å². The largest absolute Gasteiger partial charge is 0.508 e. The molecule has 0 aliphatic heterocycles. The Morgan fingerprint density at radius 1 is 0.652 bits per heavy atom. The second-order valence-electron chi connectivity index (χ2n) is 6.53. The van der Waals surface area contributed by atoms with Gasteiger partial charge in [-0.15, -0.1) is 0 Å². The molecule has 0 aromatic heterocycles. The first-order valence-corrected chi connectivity index (χ1v) is 9.99. The lowest BCUT2D eigenvalue weighted by atomic mass is 10.0. The van der Waals surface area contributed by atoms with E-state index in [1.165, 1.54) is 76.7 Å². The van der Waals surface area contributed by atoms with Gasteiger partial charge in [0, 0.05) is 0 Å². The van der Waals surface area contributed by atoms with E-state index in [1.54, 1.807) is 12.1 Å². The van der Waals surface area contributed by atoms with Gasteiger partial charge in [0.05, 0.1) is 0 Å². The molecule has 0 radical (unpaired) electrons. The number of phenolic OH excluding ortho intramolecular Hbond substituents is 2. The van der Waals surface area contributed by atoms with Crippen LogP contribution in [0.1, 0.15) is 82.6 Å². The molecule has 0 aliphatic carbocycles. The van der Waals surface area contributed by atoms with Gasteiger partial charge in [-0.05, 0) is 48.8 Å². The lowest BCUT2D eigenvalue weighted by Gasteiger charge is -2.05. The molecule has 0 heterocycles. The summed E-state index contributed by atoms with van der Waals surface area (Å²) in [7, 11) is 0. The van der Waals surface area contributed by atoms with Crippen molar-refractivity contribution in [2.24, 2.45) is 0 Å². The number of thiol groups is 1. The van der Waals surface area contributed by atoms with Gasteiger partial charge in [-0.3, -0.25) is 0 Å². The summed E-state index contributed by atoms with van der Waals surface area (Å²) in [6.07, 6.45) is 16.6. The van der Waals surface area contributed by atoms with Gasteiger partial charge in [0.15, 0.2) is 0 Å². The van der Waals surface area contributed by atoms with E-state index in [-0.39, 0.29) is 5.75 Å². The van der Waals surface area contributed by atoms with Crippen molar-refractivity contribution in [3.63, 3.8) is 0 Å². The molecule has 0 unspecified atom stereocenters. The van der Waals surface area contributed by atoms with Gasteiger partial charge in [0.1, 0.15) is 11.5 Å². The van der Waals surface area contributed by atoms with Crippen molar-refractivity contribution in [3.8, 4) is 11.5 Å². The molecule has 2 nitrogen and oxygen atoms in total. The van der Waals surface area contributed by atoms with Crippen molar-refractivity contribution < 1.29 is 10.2 Å². The van der Waals surface area contributed by atoms with Crippen LogP contribution in [-0.2, 0) is 6.42 Å². The zero-order valence-electron chi connectivity index (χ0n) is 14.5. The highest BCUT2D eigenvalue weighted by Gasteiger charge is 2.02. The molecule has 0 bridgehead atoms. The van der Waals surface area contributed by atoms with Crippen LogP contribution in [0, 0.1) is 0 Å². The Hall–Kier alpha value is -0.830. The van der Waals surface area contributed by atoms with Gasteiger partial charge >= 0.3 is 0 Å². The SMILES string of the molecule is Oc1ccc(O)c(CCCCCCCCCCCCCCS)c1. The van der Waals surface area contributed by atoms with Crippen molar-refractivity contribution in [2.75, 3.05) is 5.75 Å². The third-order valence-electron chi connectivity index (χ3n) is 4.42. The number of aromatic hydroxyl groups is 2. The van der Waals surface area contributed by atoms with Crippen LogP contribution in [0.25, 0.3) is 0 Å². The normalized spacial score (nSPS) is 11.0. The zero-order valence-corrected chi connectivity index (χ0v) is 15.4. The quantitative estimate of drug-likeness (QED) is 0.213. The van der Waals surface area contributed by atoms with Gasteiger partial charge in [-0.1, -0.05) is 64.2 Å². The molecule has 2 N–H and O–H groups in total. The maximum atomic E-state index is 9.71. The molecule has 0 amide bonds. The monoisotopic (exact) mass is 338 g/mol. The third-order valence-corrected chi connectivity index (χ3v) is 4.73. The Morgan fingerprint density at radius 2 is 1.13 bits per heavy atom. The fraction of sp³-hybridized carbons (Fsp3) is 0.700. The van der Waals surface area contributed by atoms with Crippen LogP contribution >= 0.6 is 12.6 Å². The smallest absolute Gasteiger partial charge is 0.119 e. The lowest BCUT2D eigenvalue weighted by Crippen LogP contribution is -1.88. The summed E-state index contributed by atoms with van der Waals surface area (Å²) in [6, 6.07) is 4.77. The summed E-state index contributed by atoms with van der Waals surface area (Å²) in [5, 5.41) is 19.1. The molecule has 0 fully saturated rings. The molecule has 0 saturated carbocycles. The van der Waals surface area contributed by atoms with Crippen molar-refractivity contribution in [3.05, 3.63) is 23.8 Å². The molecule has 0 aliphatic rings. The summed E-state index contributed by atoms with van der Waals surface area (Å²) in [4.78, 5) is 0. The van der Waals surface area contributed by atoms with Crippen LogP contribution in [0.15, 0.2) is 18.2 Å². The number of phenols is 2. The second kappa shape index (κ2) is 13.6. The number of benzene rings is 1. The van der Waals surface area contributed by atoms with Gasteiger partial charge in [0.25, 0.3) is 0 Å². The van der Waals surface area contributed by atoms with Crippen LogP contribution in [0.3, 0.4) is 0 Å². The average molecular weight is 339 g/mol. The standard InChI is InChI=1S/C20H34O2S/c21-19-14-15-20(22)18(17-19)13-11-9-7-5-3-1-2-4-6-8-10-12-16-23/h14-15,17,21-23H,1-13,16H2. The van der Waals surface area contributed by atoms with Crippen LogP contribution in [0.4, 0.5) is 0 Å². The van der Waals surface area contributed by atoms with Gasteiger partial charge in [-0.25, -0.2) is 0 Å². The minimum atomic E-state index is 0.239. The average Bonchev–Trinajstić information content (AvgIpc) is 2.55.